The van der Waals surface area contributed by atoms with Gasteiger partial charge in [-0.3, -0.25) is 9.69 Å². The van der Waals surface area contributed by atoms with E-state index in [0.717, 1.165) is 70.5 Å². The maximum absolute atomic E-state index is 13.6. The van der Waals surface area contributed by atoms with Gasteiger partial charge in [0.2, 0.25) is 0 Å². The molecule has 4 nitrogen and oxygen atoms in total. The molecule has 5 heteroatoms. The van der Waals surface area contributed by atoms with Gasteiger partial charge in [-0.1, -0.05) is 51.3 Å². The molecule has 0 aromatic heterocycles. The highest BCUT2D eigenvalue weighted by Crippen LogP contribution is 2.31. The van der Waals surface area contributed by atoms with Crippen molar-refractivity contribution in [3.05, 3.63) is 30.3 Å². The first-order chi connectivity index (χ1) is 12.1. The van der Waals surface area contributed by atoms with Crippen LogP contribution in [0.2, 0.25) is 0 Å². The largest absolute Gasteiger partial charge is 0.314 e. The van der Waals surface area contributed by atoms with E-state index in [1.807, 2.05) is 35.2 Å². The molecule has 0 bridgehead atoms. The van der Waals surface area contributed by atoms with Crippen LogP contribution in [-0.4, -0.2) is 48.4 Å². The summed E-state index contributed by atoms with van der Waals surface area (Å²) < 4.78 is 0. The molecule has 1 aliphatic rings. The van der Waals surface area contributed by atoms with E-state index >= 15 is 0 Å². The number of carbonyl (C=O) groups excluding carboxylic acids is 1. The highest BCUT2D eigenvalue weighted by molar-refractivity contribution is 7.82. The van der Waals surface area contributed by atoms with Gasteiger partial charge in [-0.15, -0.1) is 12.6 Å². The fourth-order valence-corrected chi connectivity index (χ4v) is 4.02. The molecule has 0 saturated carbocycles. The summed E-state index contributed by atoms with van der Waals surface area (Å²) in [5.74, 6) is 0.127. The topological polar surface area (TPSA) is 35.6 Å². The van der Waals surface area contributed by atoms with Gasteiger partial charge in [0.1, 0.15) is 4.87 Å². The molecule has 1 saturated heterocycles. The number of amides is 1. The molecule has 2 rings (SSSR count). The Morgan fingerprint density at radius 2 is 1.84 bits per heavy atom. The summed E-state index contributed by atoms with van der Waals surface area (Å²) in [7, 11) is 0. The number of anilines is 1. The van der Waals surface area contributed by atoms with Crippen molar-refractivity contribution in [1.29, 1.82) is 0 Å². The van der Waals surface area contributed by atoms with Crippen LogP contribution >= 0.6 is 12.6 Å². The monoisotopic (exact) mass is 363 g/mol. The first kappa shape index (κ1) is 20.3. The number of hydrogen-bond acceptors (Lipinski definition) is 4. The standard InChI is InChI=1S/C20H33N3OS/c1-3-5-9-15-23(18-10-7-6-8-11-18)19(24)20(25,12-4-2)22-16-13-21-14-17-22/h6-8,10-11,21,25H,3-5,9,12-17H2,1-2H3. The average molecular weight is 364 g/mol. The number of piperazine rings is 1. The van der Waals surface area contributed by atoms with E-state index in [2.05, 4.69) is 24.1 Å². The molecule has 0 aliphatic carbocycles. The molecule has 1 atom stereocenters. The zero-order chi connectivity index (χ0) is 18.1. The lowest BCUT2D eigenvalue weighted by Crippen LogP contribution is -2.61. The van der Waals surface area contributed by atoms with E-state index in [0.29, 0.717) is 0 Å². The molecule has 0 radical (unpaired) electrons. The SMILES string of the molecule is CCCCCN(C(=O)C(S)(CCC)N1CCNCC1)c1ccccc1. The molecule has 1 heterocycles. The van der Waals surface area contributed by atoms with E-state index in [-0.39, 0.29) is 5.91 Å². The van der Waals surface area contributed by atoms with Crippen molar-refractivity contribution in [2.75, 3.05) is 37.6 Å². The number of para-hydroxylation sites is 1. The Labute approximate surface area is 158 Å². The minimum absolute atomic E-state index is 0.127. The van der Waals surface area contributed by atoms with Crippen LogP contribution in [0.1, 0.15) is 46.0 Å². The van der Waals surface area contributed by atoms with Crippen LogP contribution in [-0.2, 0) is 4.79 Å². The zero-order valence-corrected chi connectivity index (χ0v) is 16.6. The van der Waals surface area contributed by atoms with Gasteiger partial charge in [0.15, 0.2) is 0 Å². The third-order valence-corrected chi connectivity index (χ3v) is 5.58. The molecule has 1 N–H and O–H groups in total. The Bertz CT molecular complexity index is 519. The minimum atomic E-state index is -0.723. The summed E-state index contributed by atoms with van der Waals surface area (Å²) in [5.41, 5.74) is 0.980. The number of benzene rings is 1. The van der Waals surface area contributed by atoms with Crippen molar-refractivity contribution in [3.8, 4) is 0 Å². The lowest BCUT2D eigenvalue weighted by molar-refractivity contribution is -0.126. The molecule has 1 aromatic rings. The Hall–Kier alpha value is -1.04. The van der Waals surface area contributed by atoms with Crippen molar-refractivity contribution in [3.63, 3.8) is 0 Å². The van der Waals surface area contributed by atoms with Crippen molar-refractivity contribution >= 4 is 24.2 Å². The fourth-order valence-electron chi connectivity index (χ4n) is 3.48. The van der Waals surface area contributed by atoms with E-state index in [1.54, 1.807) is 0 Å². The highest BCUT2D eigenvalue weighted by Gasteiger charge is 2.43. The number of hydrogen-bond donors (Lipinski definition) is 2. The van der Waals surface area contributed by atoms with Crippen molar-refractivity contribution in [2.24, 2.45) is 0 Å². The Morgan fingerprint density at radius 1 is 1.16 bits per heavy atom. The van der Waals surface area contributed by atoms with Gasteiger partial charge in [0.25, 0.3) is 5.91 Å². The fraction of sp³-hybridized carbons (Fsp3) is 0.650. The van der Waals surface area contributed by atoms with Gasteiger partial charge in [0, 0.05) is 38.4 Å². The van der Waals surface area contributed by atoms with E-state index in [1.165, 1.54) is 0 Å². The van der Waals surface area contributed by atoms with Crippen LogP contribution in [0, 0.1) is 0 Å². The van der Waals surface area contributed by atoms with Gasteiger partial charge in [0.05, 0.1) is 0 Å². The second-order valence-electron chi connectivity index (χ2n) is 6.80. The van der Waals surface area contributed by atoms with Crippen molar-refractivity contribution < 1.29 is 4.79 Å². The van der Waals surface area contributed by atoms with E-state index in [9.17, 15) is 4.79 Å². The molecular weight excluding hydrogens is 330 g/mol. The highest BCUT2D eigenvalue weighted by atomic mass is 32.1. The lowest BCUT2D eigenvalue weighted by Gasteiger charge is -2.44. The Morgan fingerprint density at radius 3 is 2.44 bits per heavy atom. The molecule has 0 spiro atoms. The first-order valence-electron chi connectivity index (χ1n) is 9.68. The summed E-state index contributed by atoms with van der Waals surface area (Å²) in [5, 5.41) is 3.37. The average Bonchev–Trinajstić information content (AvgIpc) is 2.66. The number of rotatable bonds is 9. The third-order valence-electron chi connectivity index (χ3n) is 4.88. The molecule has 1 amide bonds. The van der Waals surface area contributed by atoms with Gasteiger partial charge < -0.3 is 10.2 Å². The normalized spacial score (nSPS) is 17.9. The third kappa shape index (κ3) is 5.22. The summed E-state index contributed by atoms with van der Waals surface area (Å²) in [6.07, 6.45) is 5.02. The number of thiol groups is 1. The van der Waals surface area contributed by atoms with Gasteiger partial charge in [-0.25, -0.2) is 0 Å². The minimum Gasteiger partial charge on any atom is -0.314 e. The predicted molar refractivity (Wildman–Crippen MR) is 109 cm³/mol. The van der Waals surface area contributed by atoms with E-state index in [4.69, 9.17) is 12.6 Å². The molecule has 1 aromatic carbocycles. The molecule has 1 aliphatic heterocycles. The molecule has 1 fully saturated rings. The summed E-state index contributed by atoms with van der Waals surface area (Å²) in [6, 6.07) is 10.1. The lowest BCUT2D eigenvalue weighted by atomic mass is 10.0. The number of carbonyl (C=O) groups is 1. The van der Waals surface area contributed by atoms with Crippen LogP contribution in [0.15, 0.2) is 30.3 Å². The van der Waals surface area contributed by atoms with Crippen molar-refractivity contribution in [2.45, 2.75) is 50.8 Å². The van der Waals surface area contributed by atoms with E-state index < -0.39 is 4.87 Å². The summed E-state index contributed by atoms with van der Waals surface area (Å²) in [4.78, 5) is 17.1. The Balaban J connectivity index is 2.26. The Kier molecular flexibility index (Phi) is 8.27. The molecular formula is C20H33N3OS. The maximum Gasteiger partial charge on any atom is 0.257 e. The number of nitrogens with one attached hydrogen (secondary N) is 1. The number of nitrogens with zero attached hydrogens (tertiary/aromatic N) is 2. The van der Waals surface area contributed by atoms with Gasteiger partial charge in [-0.2, -0.15) is 0 Å². The second-order valence-corrected chi connectivity index (χ2v) is 7.54. The first-order valence-corrected chi connectivity index (χ1v) is 10.1. The quantitative estimate of drug-likeness (QED) is 0.520. The molecule has 140 valence electrons. The van der Waals surface area contributed by atoms with Crippen LogP contribution in [0.5, 0.6) is 0 Å². The second kappa shape index (κ2) is 10.2. The molecule has 1 unspecified atom stereocenters. The number of unbranched alkanes of at least 4 members (excludes halogenated alkanes) is 2. The van der Waals surface area contributed by atoms with Crippen LogP contribution < -0.4 is 10.2 Å². The summed E-state index contributed by atoms with van der Waals surface area (Å²) >= 11 is 4.98. The smallest absolute Gasteiger partial charge is 0.257 e. The predicted octanol–water partition coefficient (Wildman–Crippen LogP) is 3.54. The molecule has 25 heavy (non-hydrogen) atoms. The van der Waals surface area contributed by atoms with Crippen molar-refractivity contribution in [1.82, 2.24) is 10.2 Å². The van der Waals surface area contributed by atoms with Gasteiger partial charge >= 0.3 is 0 Å². The van der Waals surface area contributed by atoms with Crippen LogP contribution in [0.3, 0.4) is 0 Å². The van der Waals surface area contributed by atoms with Gasteiger partial charge in [-0.05, 0) is 25.0 Å². The summed E-state index contributed by atoms with van der Waals surface area (Å²) in [6.45, 7) is 8.65. The van der Waals surface area contributed by atoms with Crippen LogP contribution in [0.4, 0.5) is 5.69 Å². The maximum atomic E-state index is 13.6. The van der Waals surface area contributed by atoms with Crippen LogP contribution in [0.25, 0.3) is 0 Å². The zero-order valence-electron chi connectivity index (χ0n) is 15.7.